The molecule has 0 spiro atoms. The Hall–Kier alpha value is -1.37. The first kappa shape index (κ1) is 13.1. The van der Waals surface area contributed by atoms with E-state index < -0.39 is 0 Å². The van der Waals surface area contributed by atoms with Crippen molar-refractivity contribution in [2.75, 3.05) is 13.2 Å². The van der Waals surface area contributed by atoms with Gasteiger partial charge in [-0.2, -0.15) is 5.26 Å². The second-order valence-electron chi connectivity index (χ2n) is 5.05. The monoisotopic (exact) mass is 244 g/mol. The molecule has 18 heavy (non-hydrogen) atoms. The first-order valence-electron chi connectivity index (χ1n) is 6.51. The molecule has 1 aliphatic heterocycles. The van der Waals surface area contributed by atoms with Crippen molar-refractivity contribution in [1.82, 2.24) is 5.32 Å². The van der Waals surface area contributed by atoms with E-state index in [-0.39, 0.29) is 0 Å². The maximum atomic E-state index is 8.84. The lowest BCUT2D eigenvalue weighted by atomic mass is 10.00. The topological polar surface area (TPSA) is 45.0 Å². The number of benzene rings is 1. The van der Waals surface area contributed by atoms with E-state index in [1.165, 1.54) is 11.1 Å². The zero-order valence-electron chi connectivity index (χ0n) is 11.1. The lowest BCUT2D eigenvalue weighted by Gasteiger charge is -2.20. The van der Waals surface area contributed by atoms with Gasteiger partial charge in [0.1, 0.15) is 0 Å². The number of nitriles is 1. The summed E-state index contributed by atoms with van der Waals surface area (Å²) in [6.07, 6.45) is 1.15. The van der Waals surface area contributed by atoms with Gasteiger partial charge in [0.05, 0.1) is 18.2 Å². The fourth-order valence-electron chi connectivity index (χ4n) is 2.35. The van der Waals surface area contributed by atoms with Crippen molar-refractivity contribution >= 4 is 0 Å². The van der Waals surface area contributed by atoms with Crippen molar-refractivity contribution in [3.63, 3.8) is 0 Å². The molecule has 0 bridgehead atoms. The average molecular weight is 244 g/mol. The summed E-state index contributed by atoms with van der Waals surface area (Å²) in [7, 11) is 0. The molecule has 1 heterocycles. The summed E-state index contributed by atoms with van der Waals surface area (Å²) in [4.78, 5) is 0. The minimum absolute atomic E-state index is 0.475. The van der Waals surface area contributed by atoms with Gasteiger partial charge in [-0.05, 0) is 49.4 Å². The Morgan fingerprint density at radius 2 is 2.39 bits per heavy atom. The molecule has 1 aliphatic rings. The standard InChI is InChI=1S/C15H20N2O/c1-11-7-13(8-16)3-4-14(11)9-17-12(2)15-5-6-18-10-15/h3-4,7,12,15,17H,5-6,9-10H2,1-2H3. The van der Waals surface area contributed by atoms with Crippen LogP contribution in [0, 0.1) is 24.2 Å². The second kappa shape index (κ2) is 5.99. The third kappa shape index (κ3) is 3.10. The van der Waals surface area contributed by atoms with Gasteiger partial charge in [-0.3, -0.25) is 0 Å². The smallest absolute Gasteiger partial charge is 0.0991 e. The number of nitrogens with one attached hydrogen (secondary N) is 1. The lowest BCUT2D eigenvalue weighted by molar-refractivity contribution is 0.178. The van der Waals surface area contributed by atoms with Crippen molar-refractivity contribution in [3.8, 4) is 6.07 Å². The molecule has 1 saturated heterocycles. The highest BCUT2D eigenvalue weighted by Crippen LogP contribution is 2.17. The molecular formula is C15H20N2O. The Labute approximate surface area is 109 Å². The van der Waals surface area contributed by atoms with Gasteiger partial charge in [-0.25, -0.2) is 0 Å². The number of nitrogens with zero attached hydrogens (tertiary/aromatic N) is 1. The molecule has 0 amide bonds. The molecule has 96 valence electrons. The largest absolute Gasteiger partial charge is 0.381 e. The Morgan fingerprint density at radius 3 is 3.00 bits per heavy atom. The van der Waals surface area contributed by atoms with Gasteiger partial charge in [0, 0.05) is 19.2 Å². The van der Waals surface area contributed by atoms with Gasteiger partial charge < -0.3 is 10.1 Å². The summed E-state index contributed by atoms with van der Waals surface area (Å²) in [6, 6.07) is 8.51. The molecule has 1 aromatic carbocycles. The zero-order valence-corrected chi connectivity index (χ0v) is 11.1. The van der Waals surface area contributed by atoms with Crippen LogP contribution in [0.25, 0.3) is 0 Å². The Balaban J connectivity index is 1.91. The summed E-state index contributed by atoms with van der Waals surface area (Å²) in [5.74, 6) is 0.628. The number of ether oxygens (including phenoxy) is 1. The van der Waals surface area contributed by atoms with Crippen LogP contribution in [0.15, 0.2) is 18.2 Å². The summed E-state index contributed by atoms with van der Waals surface area (Å²) in [5.41, 5.74) is 3.17. The predicted molar refractivity (Wildman–Crippen MR) is 71.1 cm³/mol. The third-order valence-corrected chi connectivity index (χ3v) is 3.76. The highest BCUT2D eigenvalue weighted by atomic mass is 16.5. The van der Waals surface area contributed by atoms with E-state index in [0.717, 1.165) is 31.7 Å². The molecule has 2 rings (SSSR count). The van der Waals surface area contributed by atoms with Gasteiger partial charge >= 0.3 is 0 Å². The van der Waals surface area contributed by atoms with E-state index in [0.29, 0.717) is 12.0 Å². The molecule has 0 aliphatic carbocycles. The fourth-order valence-corrected chi connectivity index (χ4v) is 2.35. The summed E-state index contributed by atoms with van der Waals surface area (Å²) < 4.78 is 5.41. The molecule has 0 saturated carbocycles. The molecule has 2 atom stereocenters. The SMILES string of the molecule is Cc1cc(C#N)ccc1CNC(C)C1CCOC1. The zero-order chi connectivity index (χ0) is 13.0. The van der Waals surface area contributed by atoms with E-state index in [1.54, 1.807) is 0 Å². The summed E-state index contributed by atoms with van der Waals surface area (Å²) >= 11 is 0. The molecular weight excluding hydrogens is 224 g/mol. The van der Waals surface area contributed by atoms with E-state index in [2.05, 4.69) is 25.2 Å². The normalized spacial score (nSPS) is 20.6. The van der Waals surface area contributed by atoms with Crippen LogP contribution in [0.5, 0.6) is 0 Å². The quantitative estimate of drug-likeness (QED) is 0.884. The van der Waals surface area contributed by atoms with E-state index in [9.17, 15) is 0 Å². The minimum atomic E-state index is 0.475. The maximum Gasteiger partial charge on any atom is 0.0991 e. The van der Waals surface area contributed by atoms with Crippen LogP contribution in [0.2, 0.25) is 0 Å². The summed E-state index contributed by atoms with van der Waals surface area (Å²) in [5, 5.41) is 12.4. The Morgan fingerprint density at radius 1 is 1.56 bits per heavy atom. The van der Waals surface area contributed by atoms with Gasteiger partial charge in [0.15, 0.2) is 0 Å². The number of hydrogen-bond acceptors (Lipinski definition) is 3. The van der Waals surface area contributed by atoms with Crippen molar-refractivity contribution in [2.45, 2.75) is 32.9 Å². The first-order valence-corrected chi connectivity index (χ1v) is 6.51. The van der Waals surface area contributed by atoms with Crippen LogP contribution in [-0.4, -0.2) is 19.3 Å². The van der Waals surface area contributed by atoms with Gasteiger partial charge in [-0.1, -0.05) is 6.07 Å². The van der Waals surface area contributed by atoms with Gasteiger partial charge in [0.25, 0.3) is 0 Å². The predicted octanol–water partition coefficient (Wildman–Crippen LogP) is 2.38. The van der Waals surface area contributed by atoms with Crippen LogP contribution in [0.3, 0.4) is 0 Å². The molecule has 0 radical (unpaired) electrons. The Bertz CT molecular complexity index is 444. The van der Waals surface area contributed by atoms with Gasteiger partial charge in [-0.15, -0.1) is 0 Å². The summed E-state index contributed by atoms with van der Waals surface area (Å²) in [6.45, 7) is 6.90. The van der Waals surface area contributed by atoms with Crippen molar-refractivity contribution < 1.29 is 4.74 Å². The Kier molecular flexibility index (Phi) is 4.35. The van der Waals surface area contributed by atoms with E-state index in [4.69, 9.17) is 10.00 Å². The first-order chi connectivity index (χ1) is 8.70. The molecule has 1 aromatic rings. The van der Waals surface area contributed by atoms with Crippen molar-refractivity contribution in [2.24, 2.45) is 5.92 Å². The van der Waals surface area contributed by atoms with Crippen LogP contribution in [0.4, 0.5) is 0 Å². The van der Waals surface area contributed by atoms with E-state index in [1.807, 2.05) is 18.2 Å². The maximum absolute atomic E-state index is 8.84. The van der Waals surface area contributed by atoms with Gasteiger partial charge in [0.2, 0.25) is 0 Å². The molecule has 0 aromatic heterocycles. The fraction of sp³-hybridized carbons (Fsp3) is 0.533. The van der Waals surface area contributed by atoms with Crippen LogP contribution >= 0.6 is 0 Å². The number of hydrogen-bond donors (Lipinski definition) is 1. The third-order valence-electron chi connectivity index (χ3n) is 3.76. The number of aryl methyl sites for hydroxylation is 1. The lowest BCUT2D eigenvalue weighted by Crippen LogP contribution is -2.33. The molecule has 1 fully saturated rings. The molecule has 1 N–H and O–H groups in total. The highest BCUT2D eigenvalue weighted by Gasteiger charge is 2.21. The highest BCUT2D eigenvalue weighted by molar-refractivity contribution is 5.37. The molecule has 3 nitrogen and oxygen atoms in total. The van der Waals surface area contributed by atoms with Crippen molar-refractivity contribution in [1.29, 1.82) is 5.26 Å². The molecule has 2 unspecified atom stereocenters. The van der Waals surface area contributed by atoms with Crippen LogP contribution in [0.1, 0.15) is 30.0 Å². The number of rotatable bonds is 4. The molecule has 3 heteroatoms. The van der Waals surface area contributed by atoms with E-state index >= 15 is 0 Å². The van der Waals surface area contributed by atoms with Crippen molar-refractivity contribution in [3.05, 3.63) is 34.9 Å². The average Bonchev–Trinajstić information content (AvgIpc) is 2.90. The second-order valence-corrected chi connectivity index (χ2v) is 5.05. The minimum Gasteiger partial charge on any atom is -0.381 e. The van der Waals surface area contributed by atoms with Crippen LogP contribution < -0.4 is 5.32 Å². The van der Waals surface area contributed by atoms with Crippen LogP contribution in [-0.2, 0) is 11.3 Å².